The number of benzene rings is 2. The molecular weight excluding hydrogens is 414 g/mol. The fraction of sp³-hybridized carbons (Fsp3) is 0.273. The maximum atomic E-state index is 13.7. The molecule has 1 atom stereocenters. The normalized spacial score (nSPS) is 16.1. The van der Waals surface area contributed by atoms with E-state index in [1.807, 2.05) is 24.3 Å². The summed E-state index contributed by atoms with van der Waals surface area (Å²) in [4.78, 5) is 18.6. The van der Waals surface area contributed by atoms with Crippen LogP contribution in [0.5, 0.6) is 5.75 Å². The standard InChI is InChI=1S/C22H19ClF2N2O3/c23-17-5-2-1-4-14(17)10-16-12-26-22(30-16)19-6-3-9-27(19)21(28)13-29-20-8-7-15(24)11-18(20)25/h1-2,4-5,7-8,11-12,19H,3,6,9-10,13H2/t19-/m0/s1. The van der Waals surface area contributed by atoms with Crippen LogP contribution in [0, 0.1) is 11.6 Å². The maximum Gasteiger partial charge on any atom is 0.261 e. The van der Waals surface area contributed by atoms with Crippen LogP contribution < -0.4 is 4.74 Å². The summed E-state index contributed by atoms with van der Waals surface area (Å²) in [6.07, 6.45) is 3.65. The summed E-state index contributed by atoms with van der Waals surface area (Å²) >= 11 is 6.20. The summed E-state index contributed by atoms with van der Waals surface area (Å²) in [5.74, 6) is -0.927. The fourth-order valence-corrected chi connectivity index (χ4v) is 3.73. The van der Waals surface area contributed by atoms with Crippen molar-refractivity contribution in [2.24, 2.45) is 0 Å². The summed E-state index contributed by atoms with van der Waals surface area (Å²) in [6, 6.07) is 10.1. The van der Waals surface area contributed by atoms with Gasteiger partial charge in [-0.2, -0.15) is 0 Å². The van der Waals surface area contributed by atoms with Crippen molar-refractivity contribution in [3.05, 3.63) is 82.5 Å². The summed E-state index contributed by atoms with van der Waals surface area (Å²) < 4.78 is 37.8. The van der Waals surface area contributed by atoms with E-state index >= 15 is 0 Å². The third-order valence-corrected chi connectivity index (χ3v) is 5.37. The van der Waals surface area contributed by atoms with Gasteiger partial charge in [0.2, 0.25) is 5.89 Å². The van der Waals surface area contributed by atoms with Gasteiger partial charge in [-0.25, -0.2) is 13.8 Å². The van der Waals surface area contributed by atoms with Crippen LogP contribution in [0.25, 0.3) is 0 Å². The highest BCUT2D eigenvalue weighted by Gasteiger charge is 2.33. The van der Waals surface area contributed by atoms with Crippen LogP contribution in [0.2, 0.25) is 5.02 Å². The monoisotopic (exact) mass is 432 g/mol. The van der Waals surface area contributed by atoms with E-state index in [1.165, 1.54) is 0 Å². The van der Waals surface area contributed by atoms with Crippen LogP contribution in [-0.4, -0.2) is 28.9 Å². The second-order valence-corrected chi connectivity index (χ2v) is 7.45. The van der Waals surface area contributed by atoms with Gasteiger partial charge in [0.1, 0.15) is 17.6 Å². The Hall–Kier alpha value is -2.93. The van der Waals surface area contributed by atoms with Gasteiger partial charge in [0.05, 0.1) is 6.20 Å². The highest BCUT2D eigenvalue weighted by Crippen LogP contribution is 2.32. The molecule has 0 unspecified atom stereocenters. The van der Waals surface area contributed by atoms with Gasteiger partial charge in [0.15, 0.2) is 18.2 Å². The first-order valence-electron chi connectivity index (χ1n) is 9.56. The lowest BCUT2D eigenvalue weighted by atomic mass is 10.1. The van der Waals surface area contributed by atoms with Gasteiger partial charge in [-0.05, 0) is 36.6 Å². The molecule has 1 saturated heterocycles. The van der Waals surface area contributed by atoms with E-state index < -0.39 is 11.6 Å². The van der Waals surface area contributed by atoms with Crippen molar-refractivity contribution in [3.63, 3.8) is 0 Å². The molecule has 156 valence electrons. The Morgan fingerprint density at radius 2 is 2.10 bits per heavy atom. The molecule has 2 heterocycles. The molecule has 1 amide bonds. The zero-order valence-electron chi connectivity index (χ0n) is 16.0. The van der Waals surface area contributed by atoms with Crippen LogP contribution in [0.3, 0.4) is 0 Å². The molecule has 1 aliphatic rings. The Morgan fingerprint density at radius 3 is 2.90 bits per heavy atom. The summed E-state index contributed by atoms with van der Waals surface area (Å²) in [5.41, 5.74) is 0.927. The number of aromatic nitrogens is 1. The van der Waals surface area contributed by atoms with Crippen molar-refractivity contribution in [1.29, 1.82) is 0 Å². The molecule has 0 N–H and O–H groups in total. The number of carbonyl (C=O) groups is 1. The van der Waals surface area contributed by atoms with Crippen molar-refractivity contribution in [2.45, 2.75) is 25.3 Å². The number of nitrogens with zero attached hydrogens (tertiary/aromatic N) is 2. The van der Waals surface area contributed by atoms with Crippen LogP contribution in [0.1, 0.15) is 36.1 Å². The predicted octanol–water partition coefficient (Wildman–Crippen LogP) is 4.94. The molecule has 4 rings (SSSR count). The SMILES string of the molecule is O=C(COc1ccc(F)cc1F)N1CCC[C@H]1c1ncc(Cc2ccccc2Cl)o1. The molecule has 0 aliphatic carbocycles. The number of hydrogen-bond donors (Lipinski definition) is 0. The van der Waals surface area contributed by atoms with Gasteiger partial charge >= 0.3 is 0 Å². The Balaban J connectivity index is 1.41. The number of ether oxygens (including phenoxy) is 1. The molecule has 1 fully saturated rings. The highest BCUT2D eigenvalue weighted by molar-refractivity contribution is 6.31. The summed E-state index contributed by atoms with van der Waals surface area (Å²) in [7, 11) is 0. The number of likely N-dealkylation sites (tertiary alicyclic amines) is 1. The maximum absolute atomic E-state index is 13.7. The first-order chi connectivity index (χ1) is 14.5. The minimum Gasteiger partial charge on any atom is -0.481 e. The van der Waals surface area contributed by atoms with Gasteiger partial charge in [-0.15, -0.1) is 0 Å². The van der Waals surface area contributed by atoms with Gasteiger partial charge < -0.3 is 14.1 Å². The Labute approximate surface area is 177 Å². The van der Waals surface area contributed by atoms with E-state index in [4.69, 9.17) is 20.8 Å². The lowest BCUT2D eigenvalue weighted by molar-refractivity contribution is -0.134. The third-order valence-electron chi connectivity index (χ3n) is 5.00. The molecule has 2 aromatic carbocycles. The Bertz CT molecular complexity index is 1060. The second kappa shape index (κ2) is 8.83. The molecule has 0 saturated carbocycles. The van der Waals surface area contributed by atoms with E-state index in [9.17, 15) is 13.6 Å². The third kappa shape index (κ3) is 4.46. The predicted molar refractivity (Wildman–Crippen MR) is 106 cm³/mol. The van der Waals surface area contributed by atoms with Crippen LogP contribution in [-0.2, 0) is 11.2 Å². The molecule has 5 nitrogen and oxygen atoms in total. The second-order valence-electron chi connectivity index (χ2n) is 7.04. The molecule has 1 aliphatic heterocycles. The highest BCUT2D eigenvalue weighted by atomic mass is 35.5. The van der Waals surface area contributed by atoms with Gasteiger partial charge in [0.25, 0.3) is 5.91 Å². The molecule has 0 radical (unpaired) electrons. The van der Waals surface area contributed by atoms with Gasteiger partial charge in [-0.1, -0.05) is 29.8 Å². The zero-order valence-corrected chi connectivity index (χ0v) is 16.7. The van der Waals surface area contributed by atoms with E-state index in [1.54, 1.807) is 11.1 Å². The number of hydrogen-bond acceptors (Lipinski definition) is 4. The number of rotatable bonds is 6. The van der Waals surface area contributed by atoms with Crippen LogP contribution in [0.15, 0.2) is 53.1 Å². The molecule has 3 aromatic rings. The fourth-order valence-electron chi connectivity index (χ4n) is 3.52. The largest absolute Gasteiger partial charge is 0.481 e. The topological polar surface area (TPSA) is 55.6 Å². The number of amides is 1. The summed E-state index contributed by atoms with van der Waals surface area (Å²) in [6.45, 7) is 0.174. The van der Waals surface area contributed by atoms with Crippen LogP contribution in [0.4, 0.5) is 8.78 Å². The molecule has 0 spiro atoms. The quantitative estimate of drug-likeness (QED) is 0.553. The number of carbonyl (C=O) groups excluding carboxylic acids is 1. The van der Waals surface area contributed by atoms with Crippen LogP contribution >= 0.6 is 11.6 Å². The average molecular weight is 433 g/mol. The van der Waals surface area contributed by atoms with Crippen molar-refractivity contribution in [3.8, 4) is 5.75 Å². The van der Waals surface area contributed by atoms with E-state index in [0.717, 1.165) is 24.1 Å². The van der Waals surface area contributed by atoms with E-state index in [-0.39, 0.29) is 24.3 Å². The lowest BCUT2D eigenvalue weighted by Gasteiger charge is -2.22. The molecular formula is C22H19ClF2N2O3. The number of halogens is 3. The zero-order chi connectivity index (χ0) is 21.1. The Kier molecular flexibility index (Phi) is 5.99. The molecule has 30 heavy (non-hydrogen) atoms. The lowest BCUT2D eigenvalue weighted by Crippen LogP contribution is -2.34. The first-order valence-corrected chi connectivity index (χ1v) is 9.94. The minimum absolute atomic E-state index is 0.168. The molecule has 1 aromatic heterocycles. The smallest absolute Gasteiger partial charge is 0.261 e. The van der Waals surface area contributed by atoms with Gasteiger partial charge in [0, 0.05) is 24.1 Å². The van der Waals surface area contributed by atoms with E-state index in [2.05, 4.69) is 4.98 Å². The Morgan fingerprint density at radius 1 is 1.27 bits per heavy atom. The van der Waals surface area contributed by atoms with Crippen molar-refractivity contribution in [1.82, 2.24) is 9.88 Å². The van der Waals surface area contributed by atoms with Gasteiger partial charge in [-0.3, -0.25) is 4.79 Å². The average Bonchev–Trinajstić information content (AvgIpc) is 3.38. The summed E-state index contributed by atoms with van der Waals surface area (Å²) in [5, 5.41) is 0.651. The first kappa shape index (κ1) is 20.3. The molecule has 8 heteroatoms. The van der Waals surface area contributed by atoms with Crippen molar-refractivity contribution >= 4 is 17.5 Å². The van der Waals surface area contributed by atoms with Crippen molar-refractivity contribution in [2.75, 3.05) is 13.2 Å². The minimum atomic E-state index is -0.849. The molecule has 0 bridgehead atoms. The van der Waals surface area contributed by atoms with Crippen molar-refractivity contribution < 1.29 is 22.7 Å². The van der Waals surface area contributed by atoms with E-state index in [0.29, 0.717) is 42.1 Å². The number of oxazole rings is 1.